The van der Waals surface area contributed by atoms with Crippen LogP contribution in [0.3, 0.4) is 0 Å². The summed E-state index contributed by atoms with van der Waals surface area (Å²) in [5.74, 6) is -0.0720. The standard InChI is InChI=1S/C56H105NO3/c1-3-5-7-9-11-13-15-17-19-21-22-23-24-25-26-27-28-29-30-31-32-33-34-36-38-40-42-44-46-48-50-52-56(60)57-54(53-58)55(59)51-49-47-45-43-41-39-37-35-20-18-16-14-12-10-8-6-4-2/h22-23,25-26,41,43,49,51,54-55,58-59H,3-21,24,27-40,42,44-48,50,52-53H2,1-2H3,(H,57,60)/b23-22-,26-25-,43-41+,51-49+. The molecule has 0 aromatic carbocycles. The van der Waals surface area contributed by atoms with E-state index in [9.17, 15) is 15.0 Å². The van der Waals surface area contributed by atoms with E-state index in [-0.39, 0.29) is 12.5 Å². The summed E-state index contributed by atoms with van der Waals surface area (Å²) in [6.45, 7) is 4.31. The third-order valence-corrected chi connectivity index (χ3v) is 12.3. The van der Waals surface area contributed by atoms with Gasteiger partial charge in [0.15, 0.2) is 0 Å². The largest absolute Gasteiger partial charge is 0.394 e. The maximum absolute atomic E-state index is 12.4. The lowest BCUT2D eigenvalue weighted by Crippen LogP contribution is -2.45. The molecule has 4 nitrogen and oxygen atoms in total. The smallest absolute Gasteiger partial charge is 0.220 e. The second-order valence-corrected chi connectivity index (χ2v) is 18.3. The number of aliphatic hydroxyl groups is 2. The molecule has 0 rings (SSSR count). The Bertz CT molecular complexity index is 954. The number of carbonyl (C=O) groups is 1. The predicted molar refractivity (Wildman–Crippen MR) is 267 cm³/mol. The summed E-state index contributed by atoms with van der Waals surface area (Å²) in [5.41, 5.74) is 0. The Morgan fingerprint density at radius 2 is 0.700 bits per heavy atom. The van der Waals surface area contributed by atoms with Crippen LogP contribution in [0.2, 0.25) is 0 Å². The second kappa shape index (κ2) is 51.7. The molecule has 4 heteroatoms. The van der Waals surface area contributed by atoms with Crippen molar-refractivity contribution in [2.24, 2.45) is 0 Å². The van der Waals surface area contributed by atoms with Gasteiger partial charge in [0.2, 0.25) is 5.91 Å². The van der Waals surface area contributed by atoms with E-state index in [1.807, 2.05) is 6.08 Å². The highest BCUT2D eigenvalue weighted by Crippen LogP contribution is 2.16. The minimum Gasteiger partial charge on any atom is -0.394 e. The third kappa shape index (κ3) is 47.4. The van der Waals surface area contributed by atoms with E-state index in [1.165, 1.54) is 225 Å². The van der Waals surface area contributed by atoms with Crippen molar-refractivity contribution in [1.82, 2.24) is 5.32 Å². The van der Waals surface area contributed by atoms with Gasteiger partial charge < -0.3 is 15.5 Å². The molecule has 0 saturated carbocycles. The molecule has 3 N–H and O–H groups in total. The average Bonchev–Trinajstić information content (AvgIpc) is 3.25. The van der Waals surface area contributed by atoms with Crippen LogP contribution in [-0.2, 0) is 4.79 Å². The van der Waals surface area contributed by atoms with Crippen LogP contribution in [0, 0.1) is 0 Å². The maximum atomic E-state index is 12.4. The molecule has 0 radical (unpaired) electrons. The highest BCUT2D eigenvalue weighted by Gasteiger charge is 2.17. The van der Waals surface area contributed by atoms with Gasteiger partial charge in [-0.1, -0.05) is 262 Å². The van der Waals surface area contributed by atoms with E-state index < -0.39 is 12.1 Å². The van der Waals surface area contributed by atoms with Crippen molar-refractivity contribution in [2.45, 2.75) is 296 Å². The minimum absolute atomic E-state index is 0.0720. The van der Waals surface area contributed by atoms with Gasteiger partial charge in [-0.05, 0) is 64.2 Å². The number of allylic oxidation sites excluding steroid dienone is 7. The van der Waals surface area contributed by atoms with Crippen molar-refractivity contribution in [1.29, 1.82) is 0 Å². The number of unbranched alkanes of at least 4 members (excludes halogenated alkanes) is 36. The second-order valence-electron chi connectivity index (χ2n) is 18.3. The molecular formula is C56H105NO3. The lowest BCUT2D eigenvalue weighted by molar-refractivity contribution is -0.123. The Balaban J connectivity index is 3.51. The van der Waals surface area contributed by atoms with E-state index >= 15 is 0 Å². The molecule has 0 aromatic heterocycles. The maximum Gasteiger partial charge on any atom is 0.220 e. The van der Waals surface area contributed by atoms with Gasteiger partial charge in [0, 0.05) is 6.42 Å². The number of hydrogen-bond donors (Lipinski definition) is 3. The summed E-state index contributed by atoms with van der Waals surface area (Å²) >= 11 is 0. The van der Waals surface area contributed by atoms with Gasteiger partial charge in [-0.2, -0.15) is 0 Å². The molecule has 0 saturated heterocycles. The molecule has 2 unspecified atom stereocenters. The van der Waals surface area contributed by atoms with Gasteiger partial charge in [-0.25, -0.2) is 0 Å². The summed E-state index contributed by atoms with van der Waals surface area (Å²) in [5, 5.41) is 23.1. The van der Waals surface area contributed by atoms with E-state index in [4.69, 9.17) is 0 Å². The predicted octanol–water partition coefficient (Wildman–Crippen LogP) is 17.5. The fourth-order valence-electron chi connectivity index (χ4n) is 8.17. The molecule has 0 aliphatic rings. The lowest BCUT2D eigenvalue weighted by atomic mass is 10.0. The highest BCUT2D eigenvalue weighted by atomic mass is 16.3. The van der Waals surface area contributed by atoms with Crippen molar-refractivity contribution < 1.29 is 15.0 Å². The summed E-state index contributed by atoms with van der Waals surface area (Å²) in [6, 6.07) is -0.639. The number of rotatable bonds is 49. The van der Waals surface area contributed by atoms with Crippen LogP contribution in [0.1, 0.15) is 284 Å². The highest BCUT2D eigenvalue weighted by molar-refractivity contribution is 5.76. The van der Waals surface area contributed by atoms with Crippen molar-refractivity contribution in [2.75, 3.05) is 6.61 Å². The van der Waals surface area contributed by atoms with Gasteiger partial charge in [-0.3, -0.25) is 4.79 Å². The van der Waals surface area contributed by atoms with Crippen LogP contribution in [0.5, 0.6) is 0 Å². The fraction of sp³-hybridized carbons (Fsp3) is 0.839. The van der Waals surface area contributed by atoms with Crippen LogP contribution in [-0.4, -0.2) is 34.9 Å². The Morgan fingerprint density at radius 3 is 1.07 bits per heavy atom. The van der Waals surface area contributed by atoms with Gasteiger partial charge in [-0.15, -0.1) is 0 Å². The first kappa shape index (κ1) is 58.4. The van der Waals surface area contributed by atoms with Crippen molar-refractivity contribution in [3.63, 3.8) is 0 Å². The van der Waals surface area contributed by atoms with E-state index in [1.54, 1.807) is 6.08 Å². The van der Waals surface area contributed by atoms with Gasteiger partial charge in [0.1, 0.15) is 0 Å². The van der Waals surface area contributed by atoms with Crippen LogP contribution in [0.4, 0.5) is 0 Å². The fourth-order valence-corrected chi connectivity index (χ4v) is 8.17. The van der Waals surface area contributed by atoms with Crippen molar-refractivity contribution in [3.05, 3.63) is 48.6 Å². The third-order valence-electron chi connectivity index (χ3n) is 12.3. The number of aliphatic hydroxyl groups excluding tert-OH is 2. The first-order chi connectivity index (χ1) is 29.7. The molecule has 60 heavy (non-hydrogen) atoms. The molecule has 0 fully saturated rings. The lowest BCUT2D eigenvalue weighted by Gasteiger charge is -2.19. The number of carbonyl (C=O) groups excluding carboxylic acids is 1. The summed E-state index contributed by atoms with van der Waals surface area (Å²) in [6.07, 6.45) is 71.2. The zero-order valence-electron chi connectivity index (χ0n) is 40.5. The molecule has 2 atom stereocenters. The zero-order chi connectivity index (χ0) is 43.5. The van der Waals surface area contributed by atoms with E-state index in [0.29, 0.717) is 6.42 Å². The first-order valence-electron chi connectivity index (χ1n) is 26.9. The summed E-state index contributed by atoms with van der Waals surface area (Å²) < 4.78 is 0. The molecule has 352 valence electrons. The average molecular weight is 840 g/mol. The molecule has 1 amide bonds. The topological polar surface area (TPSA) is 69.6 Å². The van der Waals surface area contributed by atoms with Crippen molar-refractivity contribution in [3.8, 4) is 0 Å². The zero-order valence-corrected chi connectivity index (χ0v) is 40.5. The van der Waals surface area contributed by atoms with Gasteiger partial charge in [0.05, 0.1) is 18.8 Å². The van der Waals surface area contributed by atoms with E-state index in [2.05, 4.69) is 55.6 Å². The summed E-state index contributed by atoms with van der Waals surface area (Å²) in [7, 11) is 0. The summed E-state index contributed by atoms with van der Waals surface area (Å²) in [4.78, 5) is 12.4. The quantitative estimate of drug-likeness (QED) is 0.0422. The molecule has 0 aliphatic carbocycles. The van der Waals surface area contributed by atoms with E-state index in [0.717, 1.165) is 38.5 Å². The number of hydrogen-bond acceptors (Lipinski definition) is 3. The van der Waals surface area contributed by atoms with Crippen LogP contribution >= 0.6 is 0 Å². The number of nitrogens with one attached hydrogen (secondary N) is 1. The Labute approximate surface area is 375 Å². The first-order valence-corrected chi connectivity index (χ1v) is 26.9. The van der Waals surface area contributed by atoms with Crippen LogP contribution in [0.15, 0.2) is 48.6 Å². The molecule has 0 aliphatic heterocycles. The van der Waals surface area contributed by atoms with Crippen LogP contribution in [0.25, 0.3) is 0 Å². The normalized spacial score (nSPS) is 13.2. The molecule has 0 bridgehead atoms. The number of amides is 1. The molecule has 0 aromatic rings. The van der Waals surface area contributed by atoms with Gasteiger partial charge >= 0.3 is 0 Å². The monoisotopic (exact) mass is 840 g/mol. The molecular weight excluding hydrogens is 735 g/mol. The Hall–Kier alpha value is -1.65. The molecule has 0 heterocycles. The Morgan fingerprint density at radius 1 is 0.400 bits per heavy atom. The van der Waals surface area contributed by atoms with Gasteiger partial charge in [0.25, 0.3) is 0 Å². The SMILES string of the molecule is CCCCCCCCCCC/C=C\C/C=C\CCCCCCCCCCCCCCCCCC(=O)NC(CO)C(O)/C=C/CC/C=C/CCCCCCCCCCCCC. The van der Waals surface area contributed by atoms with Crippen LogP contribution < -0.4 is 5.32 Å². The molecule has 0 spiro atoms. The Kier molecular flexibility index (Phi) is 50.3. The minimum atomic E-state index is -0.862. The van der Waals surface area contributed by atoms with Crippen molar-refractivity contribution >= 4 is 5.91 Å².